The minimum atomic E-state index is 0.535. The molecule has 2 saturated heterocycles. The monoisotopic (exact) mass is 139 g/mol. The third-order valence-electron chi connectivity index (χ3n) is 3.20. The number of nitrogens with one attached hydrogen (secondary N) is 1. The van der Waals surface area contributed by atoms with E-state index < -0.39 is 0 Å². The summed E-state index contributed by atoms with van der Waals surface area (Å²) in [5.74, 6) is 0. The summed E-state index contributed by atoms with van der Waals surface area (Å²) in [6.07, 6.45) is 6.63. The van der Waals surface area contributed by atoms with Crippen molar-refractivity contribution in [2.24, 2.45) is 0 Å². The van der Waals surface area contributed by atoms with E-state index in [-0.39, 0.29) is 0 Å². The molecule has 3 rings (SSSR count). The molecular formula is C8H13NO. The third kappa shape index (κ3) is 0.611. The third-order valence-corrected chi connectivity index (χ3v) is 3.20. The largest absolute Gasteiger partial charge is 0.369 e. The van der Waals surface area contributed by atoms with Crippen LogP contribution in [-0.4, -0.2) is 24.3 Å². The topological polar surface area (TPSA) is 24.6 Å². The van der Waals surface area contributed by atoms with Crippen molar-refractivity contribution in [1.82, 2.24) is 5.32 Å². The molecule has 1 N–H and O–H groups in total. The van der Waals surface area contributed by atoms with Gasteiger partial charge in [-0.1, -0.05) is 0 Å². The molecule has 1 aliphatic carbocycles. The van der Waals surface area contributed by atoms with Crippen molar-refractivity contribution >= 4 is 0 Å². The highest BCUT2D eigenvalue weighted by Crippen LogP contribution is 2.47. The first-order chi connectivity index (χ1) is 4.88. The van der Waals surface area contributed by atoms with E-state index in [2.05, 4.69) is 5.32 Å². The average molecular weight is 139 g/mol. The Morgan fingerprint density at radius 3 is 2.70 bits per heavy atom. The fourth-order valence-electron chi connectivity index (χ4n) is 2.61. The molecule has 2 heterocycles. The van der Waals surface area contributed by atoms with E-state index in [0.717, 1.165) is 0 Å². The Morgan fingerprint density at radius 1 is 1.30 bits per heavy atom. The second-order valence-corrected chi connectivity index (χ2v) is 3.93. The summed E-state index contributed by atoms with van der Waals surface area (Å²) < 4.78 is 5.40. The van der Waals surface area contributed by atoms with Gasteiger partial charge in [-0.05, 0) is 32.2 Å². The van der Waals surface area contributed by atoms with Crippen LogP contribution in [0.3, 0.4) is 0 Å². The molecule has 0 radical (unpaired) electrons. The maximum atomic E-state index is 5.40. The second-order valence-electron chi connectivity index (χ2n) is 3.93. The van der Waals surface area contributed by atoms with Crippen LogP contribution in [0.15, 0.2) is 0 Å². The van der Waals surface area contributed by atoms with Crippen molar-refractivity contribution in [3.8, 4) is 0 Å². The van der Waals surface area contributed by atoms with E-state index >= 15 is 0 Å². The minimum Gasteiger partial charge on any atom is -0.369 e. The summed E-state index contributed by atoms with van der Waals surface area (Å²) in [6.45, 7) is 1.24. The first-order valence-corrected chi connectivity index (χ1v) is 4.29. The highest BCUT2D eigenvalue weighted by molar-refractivity contribution is 5.10. The summed E-state index contributed by atoms with van der Waals surface area (Å²) in [6, 6.07) is 0. The molecule has 10 heavy (non-hydrogen) atoms. The van der Waals surface area contributed by atoms with Gasteiger partial charge in [-0.15, -0.1) is 0 Å². The fraction of sp³-hybridized carbons (Fsp3) is 1.00. The maximum Gasteiger partial charge on any atom is 0.0860 e. The Balaban J connectivity index is 1.80. The molecule has 0 amide bonds. The molecule has 2 aliphatic heterocycles. The summed E-state index contributed by atoms with van der Waals surface area (Å²) in [5, 5.41) is 3.61. The molecule has 3 fully saturated rings. The molecule has 2 unspecified atom stereocenters. The first-order valence-electron chi connectivity index (χ1n) is 4.29. The first kappa shape index (κ1) is 5.56. The molecule has 0 bridgehead atoms. The van der Waals surface area contributed by atoms with Gasteiger partial charge in [0.2, 0.25) is 0 Å². The predicted octanol–water partition coefficient (Wildman–Crippen LogP) is 0.670. The number of hydrogen-bond acceptors (Lipinski definition) is 2. The van der Waals surface area contributed by atoms with Gasteiger partial charge >= 0.3 is 0 Å². The predicted molar refractivity (Wildman–Crippen MR) is 37.9 cm³/mol. The lowest BCUT2D eigenvalue weighted by Crippen LogP contribution is -2.38. The molecular weight excluding hydrogens is 126 g/mol. The highest BCUT2D eigenvalue weighted by atomic mass is 16.6. The van der Waals surface area contributed by atoms with Crippen molar-refractivity contribution in [3.05, 3.63) is 0 Å². The van der Waals surface area contributed by atoms with Gasteiger partial charge in [0.1, 0.15) is 0 Å². The Bertz CT molecular complexity index is 151. The summed E-state index contributed by atoms with van der Waals surface area (Å²) in [4.78, 5) is 0. The number of hydrogen-bond donors (Lipinski definition) is 1. The lowest BCUT2D eigenvalue weighted by molar-refractivity contribution is 0.226. The number of ether oxygens (including phenoxy) is 1. The number of rotatable bonds is 0. The van der Waals surface area contributed by atoms with Gasteiger partial charge in [-0.2, -0.15) is 0 Å². The van der Waals surface area contributed by atoms with Crippen molar-refractivity contribution in [2.45, 2.75) is 43.4 Å². The lowest BCUT2D eigenvalue weighted by atomic mass is 9.95. The zero-order chi connectivity index (χ0) is 6.60. The summed E-state index contributed by atoms with van der Waals surface area (Å²) in [5.41, 5.74) is 0.535. The van der Waals surface area contributed by atoms with Gasteiger partial charge in [-0.25, -0.2) is 0 Å². The van der Waals surface area contributed by atoms with Gasteiger partial charge in [0.05, 0.1) is 12.2 Å². The zero-order valence-electron chi connectivity index (χ0n) is 6.10. The van der Waals surface area contributed by atoms with Crippen LogP contribution in [0.5, 0.6) is 0 Å². The van der Waals surface area contributed by atoms with Crippen LogP contribution in [0.25, 0.3) is 0 Å². The molecule has 0 aromatic rings. The van der Waals surface area contributed by atoms with Crippen LogP contribution in [-0.2, 0) is 4.74 Å². The smallest absolute Gasteiger partial charge is 0.0860 e. The van der Waals surface area contributed by atoms with Gasteiger partial charge in [0.15, 0.2) is 0 Å². The van der Waals surface area contributed by atoms with E-state index in [0.29, 0.717) is 17.7 Å². The van der Waals surface area contributed by atoms with Gasteiger partial charge in [0, 0.05) is 5.54 Å². The molecule has 2 nitrogen and oxygen atoms in total. The molecule has 56 valence electrons. The molecule has 2 heteroatoms. The fourth-order valence-corrected chi connectivity index (χ4v) is 2.61. The normalized spacial score (nSPS) is 57.6. The quantitative estimate of drug-likeness (QED) is 0.499. The van der Waals surface area contributed by atoms with Crippen molar-refractivity contribution < 1.29 is 4.74 Å². The highest BCUT2D eigenvalue weighted by Gasteiger charge is 2.56. The standard InChI is InChI=1S/C8H13NO/c1-2-8(9-3-1)4-6-7(5-8)10-6/h6-7,9H,1-5H2. The minimum absolute atomic E-state index is 0.535. The summed E-state index contributed by atoms with van der Waals surface area (Å²) in [7, 11) is 0. The molecule has 0 aromatic heterocycles. The summed E-state index contributed by atoms with van der Waals surface area (Å²) >= 11 is 0. The second kappa shape index (κ2) is 1.56. The lowest BCUT2D eigenvalue weighted by Gasteiger charge is -2.24. The Hall–Kier alpha value is -0.0800. The van der Waals surface area contributed by atoms with Gasteiger partial charge in [-0.3, -0.25) is 0 Å². The van der Waals surface area contributed by atoms with E-state index in [1.54, 1.807) is 0 Å². The maximum absolute atomic E-state index is 5.40. The van der Waals surface area contributed by atoms with Crippen LogP contribution in [0.2, 0.25) is 0 Å². The Labute approximate surface area is 60.9 Å². The van der Waals surface area contributed by atoms with Gasteiger partial charge in [0.25, 0.3) is 0 Å². The number of epoxide rings is 1. The molecule has 1 spiro atoms. The van der Waals surface area contributed by atoms with E-state index in [1.807, 2.05) is 0 Å². The van der Waals surface area contributed by atoms with E-state index in [4.69, 9.17) is 4.74 Å². The average Bonchev–Trinajstić information content (AvgIpc) is 2.45. The van der Waals surface area contributed by atoms with Crippen molar-refractivity contribution in [3.63, 3.8) is 0 Å². The van der Waals surface area contributed by atoms with E-state index in [1.165, 1.54) is 32.2 Å². The van der Waals surface area contributed by atoms with Gasteiger partial charge < -0.3 is 10.1 Å². The zero-order valence-corrected chi connectivity index (χ0v) is 6.10. The molecule has 2 atom stereocenters. The van der Waals surface area contributed by atoms with Crippen LogP contribution >= 0.6 is 0 Å². The number of fused-ring (bicyclic) bond motifs is 1. The van der Waals surface area contributed by atoms with E-state index in [9.17, 15) is 0 Å². The van der Waals surface area contributed by atoms with Crippen LogP contribution < -0.4 is 5.32 Å². The van der Waals surface area contributed by atoms with Crippen molar-refractivity contribution in [1.29, 1.82) is 0 Å². The molecule has 0 aromatic carbocycles. The van der Waals surface area contributed by atoms with Crippen LogP contribution in [0, 0.1) is 0 Å². The molecule has 3 aliphatic rings. The Kier molecular flexibility index (Phi) is 0.868. The van der Waals surface area contributed by atoms with Crippen LogP contribution in [0.4, 0.5) is 0 Å². The Morgan fingerprint density at radius 2 is 2.10 bits per heavy atom. The molecule has 1 saturated carbocycles. The SMILES string of the molecule is C1CNC2(C1)CC1OC1C2. The van der Waals surface area contributed by atoms with Crippen molar-refractivity contribution in [2.75, 3.05) is 6.54 Å². The van der Waals surface area contributed by atoms with Crippen LogP contribution in [0.1, 0.15) is 25.7 Å².